The minimum atomic E-state index is -0.125. The minimum Gasteiger partial charge on any atom is -0.497 e. The zero-order valence-electron chi connectivity index (χ0n) is 20.1. The van der Waals surface area contributed by atoms with Crippen LogP contribution in [0.4, 0.5) is 5.82 Å². The fourth-order valence-corrected chi connectivity index (χ4v) is 4.79. The zero-order valence-corrected chi connectivity index (χ0v) is 21.6. The van der Waals surface area contributed by atoms with Gasteiger partial charge < -0.3 is 19.9 Å². The van der Waals surface area contributed by atoms with E-state index in [0.717, 1.165) is 5.56 Å². The number of halogens is 1. The van der Waals surface area contributed by atoms with Gasteiger partial charge in [0.15, 0.2) is 5.16 Å². The summed E-state index contributed by atoms with van der Waals surface area (Å²) in [5.41, 5.74) is 1.57. The number of nitrogens with one attached hydrogen (secondary N) is 1. The maximum absolute atomic E-state index is 13.1. The Hall–Kier alpha value is -3.37. The molecule has 188 valence electrons. The molecule has 1 unspecified atom stereocenters. The quantitative estimate of drug-likeness (QED) is 0.271. The van der Waals surface area contributed by atoms with Gasteiger partial charge in [0, 0.05) is 56.2 Å². The fourth-order valence-electron chi connectivity index (χ4n) is 3.88. The van der Waals surface area contributed by atoms with Crippen molar-refractivity contribution in [1.82, 2.24) is 25.2 Å². The van der Waals surface area contributed by atoms with Crippen LogP contribution in [0.3, 0.4) is 0 Å². The second-order valence-corrected chi connectivity index (χ2v) is 9.61. The van der Waals surface area contributed by atoms with E-state index in [0.29, 0.717) is 53.6 Å². The second kappa shape index (κ2) is 12.0. The Kier molecular flexibility index (Phi) is 8.61. The normalized spacial score (nSPS) is 15.5. The van der Waals surface area contributed by atoms with Gasteiger partial charge in [-0.25, -0.2) is 9.97 Å². The van der Waals surface area contributed by atoms with Crippen LogP contribution in [0.15, 0.2) is 60.0 Å². The van der Waals surface area contributed by atoms with Gasteiger partial charge in [0.2, 0.25) is 5.91 Å². The molecule has 1 aliphatic rings. The summed E-state index contributed by atoms with van der Waals surface area (Å²) in [6, 6.07) is 12.6. The molecule has 1 fully saturated rings. The molecule has 0 saturated carbocycles. The van der Waals surface area contributed by atoms with Gasteiger partial charge in [-0.05, 0) is 42.8 Å². The minimum absolute atomic E-state index is 0.0317. The Balaban J connectivity index is 1.34. The maximum Gasteiger partial charge on any atom is 0.254 e. The van der Waals surface area contributed by atoms with Crippen molar-refractivity contribution >= 4 is 41.0 Å². The predicted octanol–water partition coefficient (Wildman–Crippen LogP) is 3.29. The Morgan fingerprint density at radius 3 is 2.72 bits per heavy atom. The van der Waals surface area contributed by atoms with Crippen molar-refractivity contribution in [3.8, 4) is 5.75 Å². The van der Waals surface area contributed by atoms with E-state index < -0.39 is 0 Å². The molecule has 0 radical (unpaired) electrons. The smallest absolute Gasteiger partial charge is 0.254 e. The predicted molar refractivity (Wildman–Crippen MR) is 140 cm³/mol. The number of anilines is 1. The Morgan fingerprint density at radius 2 is 1.97 bits per heavy atom. The standard InChI is InChI=1S/C25H27ClN6O3S/c1-17-15-31(10-11-32(17)24(34)19-4-3-5-20(12-19)35-2)22-13-21(26)29-25(30-22)36-16-23(33)28-14-18-6-8-27-9-7-18/h3-9,12-13,17H,10-11,14-16H2,1-2H3,(H,28,33). The van der Waals surface area contributed by atoms with Gasteiger partial charge in [-0.3, -0.25) is 14.6 Å². The molecule has 2 aromatic heterocycles. The summed E-state index contributed by atoms with van der Waals surface area (Å²) in [4.78, 5) is 42.1. The van der Waals surface area contributed by atoms with Crippen molar-refractivity contribution in [3.05, 3.63) is 71.1 Å². The van der Waals surface area contributed by atoms with Crippen molar-refractivity contribution in [1.29, 1.82) is 0 Å². The summed E-state index contributed by atoms with van der Waals surface area (Å²) in [6.45, 7) is 4.18. The van der Waals surface area contributed by atoms with Gasteiger partial charge in [0.1, 0.15) is 16.7 Å². The highest BCUT2D eigenvalue weighted by Crippen LogP contribution is 2.25. The number of carbonyl (C=O) groups is 2. The van der Waals surface area contributed by atoms with Crippen molar-refractivity contribution in [3.63, 3.8) is 0 Å². The molecule has 0 bridgehead atoms. The molecule has 4 rings (SSSR count). The van der Waals surface area contributed by atoms with E-state index >= 15 is 0 Å². The number of carbonyl (C=O) groups excluding carboxylic acids is 2. The van der Waals surface area contributed by atoms with Gasteiger partial charge in [-0.15, -0.1) is 0 Å². The number of amides is 2. The maximum atomic E-state index is 13.1. The molecule has 3 aromatic rings. The number of hydrogen-bond acceptors (Lipinski definition) is 8. The fraction of sp³-hybridized carbons (Fsp3) is 0.320. The van der Waals surface area contributed by atoms with E-state index in [4.69, 9.17) is 16.3 Å². The second-order valence-electron chi connectivity index (χ2n) is 8.28. The Morgan fingerprint density at radius 1 is 1.17 bits per heavy atom. The number of methoxy groups -OCH3 is 1. The van der Waals surface area contributed by atoms with Crippen LogP contribution in [-0.2, 0) is 11.3 Å². The number of piperazine rings is 1. The number of ether oxygens (including phenoxy) is 1. The molecule has 11 heteroatoms. The first-order valence-corrected chi connectivity index (χ1v) is 12.8. The van der Waals surface area contributed by atoms with Gasteiger partial charge in [0.25, 0.3) is 5.91 Å². The van der Waals surface area contributed by atoms with Crippen LogP contribution < -0.4 is 15.0 Å². The molecule has 36 heavy (non-hydrogen) atoms. The van der Waals surface area contributed by atoms with Crippen LogP contribution in [0.1, 0.15) is 22.8 Å². The lowest BCUT2D eigenvalue weighted by Gasteiger charge is -2.40. The average Bonchev–Trinajstić information content (AvgIpc) is 2.90. The molecule has 1 saturated heterocycles. The van der Waals surface area contributed by atoms with Crippen molar-refractivity contribution < 1.29 is 14.3 Å². The molecule has 1 atom stereocenters. The third-order valence-electron chi connectivity index (χ3n) is 5.76. The van der Waals surface area contributed by atoms with Crippen LogP contribution in [-0.4, -0.2) is 70.2 Å². The Bertz CT molecular complexity index is 1220. The molecule has 3 heterocycles. The number of aromatic nitrogens is 3. The highest BCUT2D eigenvalue weighted by Gasteiger charge is 2.29. The third-order valence-corrected chi connectivity index (χ3v) is 6.80. The summed E-state index contributed by atoms with van der Waals surface area (Å²) >= 11 is 7.50. The van der Waals surface area contributed by atoms with Crippen molar-refractivity contribution in [2.24, 2.45) is 0 Å². The number of pyridine rings is 1. The summed E-state index contributed by atoms with van der Waals surface area (Å²) in [5.74, 6) is 1.34. The summed E-state index contributed by atoms with van der Waals surface area (Å²) in [7, 11) is 1.58. The molecular weight excluding hydrogens is 500 g/mol. The third kappa shape index (κ3) is 6.64. The van der Waals surface area contributed by atoms with Crippen LogP contribution in [0.25, 0.3) is 0 Å². The van der Waals surface area contributed by atoms with Gasteiger partial charge >= 0.3 is 0 Å². The van der Waals surface area contributed by atoms with Crippen molar-refractivity contribution in [2.45, 2.75) is 24.7 Å². The van der Waals surface area contributed by atoms with E-state index in [9.17, 15) is 9.59 Å². The first-order valence-electron chi connectivity index (χ1n) is 11.5. The van der Waals surface area contributed by atoms with Crippen LogP contribution in [0.5, 0.6) is 5.75 Å². The molecule has 1 aliphatic heterocycles. The summed E-state index contributed by atoms with van der Waals surface area (Å²) in [5, 5.41) is 3.61. The van der Waals surface area contributed by atoms with E-state index in [2.05, 4.69) is 25.2 Å². The van der Waals surface area contributed by atoms with Crippen LogP contribution >= 0.6 is 23.4 Å². The molecule has 1 aromatic carbocycles. The number of thioether (sulfide) groups is 1. The average molecular weight is 527 g/mol. The lowest BCUT2D eigenvalue weighted by molar-refractivity contribution is -0.118. The molecular formula is C25H27ClN6O3S. The number of benzene rings is 1. The first-order chi connectivity index (χ1) is 17.4. The van der Waals surface area contributed by atoms with Gasteiger partial charge in [0.05, 0.1) is 12.9 Å². The number of rotatable bonds is 8. The number of nitrogens with zero attached hydrogens (tertiary/aromatic N) is 5. The molecule has 1 N–H and O–H groups in total. The summed E-state index contributed by atoms with van der Waals surface area (Å²) < 4.78 is 5.25. The molecule has 9 nitrogen and oxygen atoms in total. The summed E-state index contributed by atoms with van der Waals surface area (Å²) in [6.07, 6.45) is 3.37. The van der Waals surface area contributed by atoms with Gasteiger partial charge in [-0.2, -0.15) is 0 Å². The van der Waals surface area contributed by atoms with E-state index in [-0.39, 0.29) is 23.6 Å². The van der Waals surface area contributed by atoms with E-state index in [1.54, 1.807) is 37.7 Å². The van der Waals surface area contributed by atoms with Crippen molar-refractivity contribution in [2.75, 3.05) is 37.4 Å². The zero-order chi connectivity index (χ0) is 25.5. The Labute approximate surface area is 219 Å². The lowest BCUT2D eigenvalue weighted by Crippen LogP contribution is -2.54. The lowest BCUT2D eigenvalue weighted by atomic mass is 10.1. The van der Waals surface area contributed by atoms with E-state index in [1.165, 1.54) is 11.8 Å². The first kappa shape index (κ1) is 25.7. The molecule has 0 aliphatic carbocycles. The monoisotopic (exact) mass is 526 g/mol. The largest absolute Gasteiger partial charge is 0.497 e. The van der Waals surface area contributed by atoms with Crippen LogP contribution in [0.2, 0.25) is 5.15 Å². The van der Waals surface area contributed by atoms with Gasteiger partial charge in [-0.1, -0.05) is 29.4 Å². The van der Waals surface area contributed by atoms with Crippen LogP contribution in [0, 0.1) is 0 Å². The molecule has 0 spiro atoms. The van der Waals surface area contributed by atoms with E-state index in [1.807, 2.05) is 36.1 Å². The number of hydrogen-bond donors (Lipinski definition) is 1. The molecule has 2 amide bonds. The topological polar surface area (TPSA) is 101 Å². The SMILES string of the molecule is COc1cccc(C(=O)N2CCN(c3cc(Cl)nc(SCC(=O)NCc4ccncc4)n3)CC2C)c1. The highest BCUT2D eigenvalue weighted by molar-refractivity contribution is 7.99. The highest BCUT2D eigenvalue weighted by atomic mass is 35.5.